The number of hydrogen-bond donors (Lipinski definition) is 1. The zero-order valence-corrected chi connectivity index (χ0v) is 17.3. The Hall–Kier alpha value is -3.39. The van der Waals surface area contributed by atoms with Crippen molar-refractivity contribution >= 4 is 21.8 Å². The maximum atomic E-state index is 15.3. The van der Waals surface area contributed by atoms with E-state index in [1.54, 1.807) is 19.1 Å². The van der Waals surface area contributed by atoms with Crippen LogP contribution in [-0.4, -0.2) is 52.9 Å². The van der Waals surface area contributed by atoms with Crippen molar-refractivity contribution < 1.29 is 36.4 Å². The Morgan fingerprint density at radius 1 is 1.15 bits per heavy atom. The van der Waals surface area contributed by atoms with Crippen molar-refractivity contribution in [2.45, 2.75) is 26.1 Å². The van der Waals surface area contributed by atoms with Crippen LogP contribution in [0.15, 0.2) is 36.7 Å². The van der Waals surface area contributed by atoms with Gasteiger partial charge in [0.25, 0.3) is 0 Å². The highest BCUT2D eigenvalue weighted by Crippen LogP contribution is 2.37. The monoisotopic (exact) mass is 463 g/mol. The number of halogens is 1. The van der Waals surface area contributed by atoms with Gasteiger partial charge in [-0.1, -0.05) is 0 Å². The van der Waals surface area contributed by atoms with Crippen LogP contribution < -0.4 is 14.2 Å². The summed E-state index contributed by atoms with van der Waals surface area (Å²) in [5.41, 5.74) is 1.14. The molecule has 2 aromatic carbocycles. The summed E-state index contributed by atoms with van der Waals surface area (Å²) in [6, 6.07) is 6.43. The van der Waals surface area contributed by atoms with Crippen molar-refractivity contribution in [3.05, 3.63) is 48.2 Å². The maximum absolute atomic E-state index is 15.3. The van der Waals surface area contributed by atoms with E-state index in [0.29, 0.717) is 11.2 Å². The quantitative estimate of drug-likeness (QED) is 0.386. The molecule has 0 atom stereocenters. The zero-order chi connectivity index (χ0) is 34.3. The molecule has 8 heteroatoms. The van der Waals surface area contributed by atoms with Crippen molar-refractivity contribution in [2.75, 3.05) is 33.1 Å². The number of likely N-dealkylation sites (tertiary alicyclic amines) is 1. The fourth-order valence-corrected chi connectivity index (χ4v) is 3.38. The number of H-pyrrole nitrogens is 1. The molecule has 0 spiro atoms. The first-order valence-electron chi connectivity index (χ1n) is 16.4. The van der Waals surface area contributed by atoms with E-state index in [-0.39, 0.29) is 32.8 Å². The first-order valence-corrected chi connectivity index (χ1v) is 9.90. The maximum Gasteiger partial charge on any atom is 0.230 e. The third-order valence-electron chi connectivity index (χ3n) is 4.86. The number of aromatic nitrogens is 3. The van der Waals surface area contributed by atoms with E-state index >= 15 is 4.39 Å². The lowest BCUT2D eigenvalue weighted by molar-refractivity contribution is 0.254. The molecule has 1 aliphatic heterocycles. The molecule has 2 aromatic heterocycles. The molecule has 1 aliphatic rings. The second-order valence-electron chi connectivity index (χ2n) is 7.08. The smallest absolute Gasteiger partial charge is 0.230 e. The highest BCUT2D eigenvalue weighted by Gasteiger charge is 2.17. The fourth-order valence-electron chi connectivity index (χ4n) is 3.38. The average Bonchev–Trinajstić information content (AvgIpc) is 3.40. The first-order chi connectivity index (χ1) is 21.0. The van der Waals surface area contributed by atoms with Crippen LogP contribution in [0.25, 0.3) is 21.8 Å². The molecule has 0 bridgehead atoms. The van der Waals surface area contributed by atoms with E-state index in [0.717, 1.165) is 18.5 Å². The number of fused-ring (bicyclic) bond motifs is 2. The Bertz CT molecular complexity index is 1800. The summed E-state index contributed by atoms with van der Waals surface area (Å²) in [4.78, 5) is 11.0. The Kier molecular flexibility index (Phi) is 3.12. The highest BCUT2D eigenvalue weighted by atomic mass is 19.1. The number of hydrogen-bond acceptors (Lipinski definition) is 6. The van der Waals surface area contributed by atoms with Crippen LogP contribution in [0.2, 0.25) is 0 Å². The van der Waals surface area contributed by atoms with Crippen molar-refractivity contribution in [3.8, 4) is 23.1 Å². The number of rotatable bonds is 8. The number of nitrogens with zero attached hydrogens (tertiary/aromatic N) is 3. The predicted octanol–water partition coefficient (Wildman–Crippen LogP) is 5.22. The first kappa shape index (κ1) is 11.2. The van der Waals surface area contributed by atoms with Gasteiger partial charge in [0.05, 0.1) is 31.4 Å². The molecule has 0 amide bonds. The third kappa shape index (κ3) is 4.43. The van der Waals surface area contributed by atoms with E-state index in [1.165, 1.54) is 6.07 Å². The van der Waals surface area contributed by atoms with Crippen molar-refractivity contribution in [1.29, 1.82) is 0 Å². The van der Waals surface area contributed by atoms with E-state index in [9.17, 15) is 0 Å². The topological polar surface area (TPSA) is 72.5 Å². The lowest BCUT2D eigenvalue weighted by atomic mass is 10.2. The molecular weight excluding hydrogens is 423 g/mol. The fraction of sp³-hybridized carbons (Fsp3) is 0.360. The van der Waals surface area contributed by atoms with Crippen molar-refractivity contribution in [1.82, 2.24) is 19.9 Å². The van der Waals surface area contributed by atoms with Gasteiger partial charge < -0.3 is 24.1 Å². The number of benzene rings is 2. The Labute approximate surface area is 209 Å². The van der Waals surface area contributed by atoms with Crippen LogP contribution in [0.1, 0.15) is 42.7 Å². The molecule has 1 saturated heterocycles. The van der Waals surface area contributed by atoms with Gasteiger partial charge in [-0.15, -0.1) is 0 Å². The van der Waals surface area contributed by atoms with Crippen LogP contribution in [0.5, 0.6) is 23.1 Å². The molecule has 0 aliphatic carbocycles. The molecule has 1 fully saturated rings. The normalized spacial score (nSPS) is 24.8. The largest absolute Gasteiger partial charge is 0.493 e. The van der Waals surface area contributed by atoms with Gasteiger partial charge in [-0.05, 0) is 63.4 Å². The zero-order valence-electron chi connectivity index (χ0n) is 30.3. The summed E-state index contributed by atoms with van der Waals surface area (Å²) in [6.45, 7) is -11.0. The standard InChI is InChI=1S/C25H27FN4O3/c1-16-12-17-19(29-16)6-7-21(24(17)26)33-25-18-13-22(31-2)23(14-20(18)27-15-28-25)32-11-5-10-30-8-3-4-9-30/h6-7,12-15,29H,3-5,8-11H2,1-2H3/i2D3,5D2,8D2,9D2,10D2,11D2. The van der Waals surface area contributed by atoms with Gasteiger partial charge in [0.15, 0.2) is 23.1 Å². The minimum Gasteiger partial charge on any atom is -0.493 e. The summed E-state index contributed by atoms with van der Waals surface area (Å²) in [5, 5.41) is 0.193. The molecule has 33 heavy (non-hydrogen) atoms. The second-order valence-corrected chi connectivity index (χ2v) is 7.08. The van der Waals surface area contributed by atoms with Crippen LogP contribution in [-0.2, 0) is 0 Å². The lowest BCUT2D eigenvalue weighted by Crippen LogP contribution is -2.21. The van der Waals surface area contributed by atoms with E-state index in [4.69, 9.17) is 32.0 Å². The van der Waals surface area contributed by atoms with Crippen molar-refractivity contribution in [3.63, 3.8) is 0 Å². The highest BCUT2D eigenvalue weighted by molar-refractivity contribution is 5.87. The molecule has 5 rings (SSSR count). The van der Waals surface area contributed by atoms with E-state index in [1.807, 2.05) is 0 Å². The Balaban J connectivity index is 1.57. The van der Waals surface area contributed by atoms with Gasteiger partial charge in [0, 0.05) is 40.1 Å². The summed E-state index contributed by atoms with van der Waals surface area (Å²) in [6.07, 6.45) is -3.77. The van der Waals surface area contributed by atoms with Gasteiger partial charge in [-0.25, -0.2) is 14.4 Å². The SMILES string of the molecule is [2H]C([2H])([2H])Oc1cc2c(Oc3ccc4[nH]c(C)cc4c3F)ncnc2cc1OC([2H])([2H])C([2H])([2H])C([2H])([2H])N1C([2H])([2H])CCC1([2H])[2H]. The van der Waals surface area contributed by atoms with Gasteiger partial charge in [0.2, 0.25) is 5.88 Å². The van der Waals surface area contributed by atoms with Crippen LogP contribution in [0, 0.1) is 12.7 Å². The number of aromatic amines is 1. The van der Waals surface area contributed by atoms with Crippen LogP contribution >= 0.6 is 0 Å². The van der Waals surface area contributed by atoms with E-state index < -0.39 is 69.6 Å². The number of ether oxygens (including phenoxy) is 3. The van der Waals surface area contributed by atoms with Crippen LogP contribution in [0.3, 0.4) is 0 Å². The molecule has 3 heterocycles. The molecule has 0 radical (unpaired) electrons. The number of methoxy groups -OCH3 is 1. The molecular formula is C25H27FN4O3. The molecule has 7 nitrogen and oxygen atoms in total. The van der Waals surface area contributed by atoms with Crippen LogP contribution in [0.4, 0.5) is 4.39 Å². The summed E-state index contributed by atoms with van der Waals surface area (Å²) in [7, 11) is -3.16. The average molecular weight is 464 g/mol. The molecule has 172 valence electrons. The molecule has 1 N–H and O–H groups in total. The Morgan fingerprint density at radius 2 is 2.03 bits per heavy atom. The van der Waals surface area contributed by atoms with Gasteiger partial charge in [-0.2, -0.15) is 0 Å². The summed E-state index contributed by atoms with van der Waals surface area (Å²) < 4.78 is 137. The minimum absolute atomic E-state index is 0.00344. The van der Waals surface area contributed by atoms with Gasteiger partial charge in [-0.3, -0.25) is 0 Å². The predicted molar refractivity (Wildman–Crippen MR) is 125 cm³/mol. The van der Waals surface area contributed by atoms with Gasteiger partial charge >= 0.3 is 0 Å². The third-order valence-corrected chi connectivity index (χ3v) is 4.86. The number of aryl methyl sites for hydroxylation is 1. The van der Waals surface area contributed by atoms with Gasteiger partial charge in [0.1, 0.15) is 6.33 Å². The minimum atomic E-state index is -3.79. The number of nitrogens with one attached hydrogen (secondary N) is 1. The lowest BCUT2D eigenvalue weighted by Gasteiger charge is -2.16. The van der Waals surface area contributed by atoms with Crippen molar-refractivity contribution in [2.24, 2.45) is 0 Å². The molecule has 0 saturated carbocycles. The molecule has 0 unspecified atom stereocenters. The summed E-state index contributed by atoms with van der Waals surface area (Å²) >= 11 is 0. The second kappa shape index (κ2) is 9.23. The molecule has 4 aromatic rings. The Morgan fingerprint density at radius 3 is 2.88 bits per heavy atom. The summed E-state index contributed by atoms with van der Waals surface area (Å²) in [5.74, 6) is -2.66. The van der Waals surface area contributed by atoms with E-state index in [2.05, 4.69) is 15.0 Å².